The maximum absolute atomic E-state index is 12.7. The van der Waals surface area contributed by atoms with Gasteiger partial charge in [0.25, 0.3) is 0 Å². The van der Waals surface area contributed by atoms with Crippen LogP contribution in [0.1, 0.15) is 32.6 Å². The largest absolute Gasteiger partial charge is 0.354 e. The minimum atomic E-state index is -0.0131. The van der Waals surface area contributed by atoms with Crippen molar-refractivity contribution in [3.8, 4) is 0 Å². The maximum Gasteiger partial charge on any atom is 0.223 e. The number of likely N-dealkylation sites (tertiary alicyclic amines) is 1. The number of imidazole rings is 1. The van der Waals surface area contributed by atoms with Gasteiger partial charge in [-0.3, -0.25) is 9.59 Å². The van der Waals surface area contributed by atoms with Gasteiger partial charge in [-0.05, 0) is 31.1 Å². The van der Waals surface area contributed by atoms with E-state index in [2.05, 4.69) is 24.7 Å². The first-order chi connectivity index (χ1) is 12.6. The van der Waals surface area contributed by atoms with Gasteiger partial charge in [-0.1, -0.05) is 0 Å². The number of rotatable bonds is 5. The molecule has 0 aromatic carbocycles. The Kier molecular flexibility index (Phi) is 4.98. The van der Waals surface area contributed by atoms with Gasteiger partial charge in [0.1, 0.15) is 0 Å². The van der Waals surface area contributed by atoms with Crippen LogP contribution in [0.5, 0.6) is 0 Å². The van der Waals surface area contributed by atoms with E-state index in [4.69, 9.17) is 0 Å². The summed E-state index contributed by atoms with van der Waals surface area (Å²) in [6.45, 7) is 6.18. The van der Waals surface area contributed by atoms with Crippen LogP contribution in [-0.2, 0) is 16.1 Å². The van der Waals surface area contributed by atoms with Crippen LogP contribution in [0.2, 0.25) is 0 Å². The third kappa shape index (κ3) is 3.49. The molecule has 0 aliphatic carbocycles. The van der Waals surface area contributed by atoms with Gasteiger partial charge in [0.15, 0.2) is 0 Å². The van der Waals surface area contributed by atoms with Crippen molar-refractivity contribution in [3.63, 3.8) is 0 Å². The molecule has 142 valence electrons. The number of nitrogens with one attached hydrogen (secondary N) is 1. The number of carbonyl (C=O) groups is 2. The van der Waals surface area contributed by atoms with E-state index in [1.807, 2.05) is 18.7 Å². The molecular formula is C19H29N5O2. The topological polar surface area (TPSA) is 70.5 Å². The highest BCUT2D eigenvalue weighted by atomic mass is 16.2. The van der Waals surface area contributed by atoms with Crippen LogP contribution in [0, 0.1) is 11.8 Å². The Labute approximate surface area is 154 Å². The summed E-state index contributed by atoms with van der Waals surface area (Å²) in [5.41, 5.74) is 0. The lowest BCUT2D eigenvalue weighted by Crippen LogP contribution is -2.67. The number of nitrogens with zero attached hydrogens (tertiary/aromatic N) is 4. The molecule has 2 bridgehead atoms. The van der Waals surface area contributed by atoms with Gasteiger partial charge in [-0.15, -0.1) is 0 Å². The molecule has 4 rings (SSSR count). The summed E-state index contributed by atoms with van der Waals surface area (Å²) >= 11 is 0. The number of aromatic nitrogens is 2. The summed E-state index contributed by atoms with van der Waals surface area (Å²) in [5, 5.41) is 2.98. The van der Waals surface area contributed by atoms with Crippen LogP contribution >= 0.6 is 0 Å². The van der Waals surface area contributed by atoms with Crippen molar-refractivity contribution >= 4 is 11.8 Å². The fourth-order valence-corrected chi connectivity index (χ4v) is 5.24. The van der Waals surface area contributed by atoms with Crippen molar-refractivity contribution in [2.24, 2.45) is 11.8 Å². The number of hydrogen-bond acceptors (Lipinski definition) is 4. The maximum atomic E-state index is 12.7. The molecule has 0 unspecified atom stereocenters. The van der Waals surface area contributed by atoms with E-state index in [1.54, 1.807) is 6.92 Å². The molecular weight excluding hydrogens is 330 g/mol. The fraction of sp³-hybridized carbons (Fsp3) is 0.737. The molecule has 4 heterocycles. The number of piperidine rings is 3. The molecule has 3 fully saturated rings. The predicted octanol–water partition coefficient (Wildman–Crippen LogP) is 0.721. The summed E-state index contributed by atoms with van der Waals surface area (Å²) in [5.74, 6) is 1.29. The molecule has 7 nitrogen and oxygen atoms in total. The van der Waals surface area contributed by atoms with E-state index in [0.717, 1.165) is 39.0 Å². The van der Waals surface area contributed by atoms with Crippen LogP contribution in [0.25, 0.3) is 0 Å². The number of fused-ring (bicyclic) bond motifs is 4. The Balaban J connectivity index is 1.48. The van der Waals surface area contributed by atoms with E-state index in [1.165, 1.54) is 6.42 Å². The van der Waals surface area contributed by atoms with E-state index in [-0.39, 0.29) is 17.9 Å². The molecule has 3 aliphatic heterocycles. The third-order valence-corrected chi connectivity index (χ3v) is 6.37. The monoisotopic (exact) mass is 359 g/mol. The van der Waals surface area contributed by atoms with Gasteiger partial charge in [0.05, 0.1) is 12.4 Å². The molecule has 2 amide bonds. The summed E-state index contributed by atoms with van der Waals surface area (Å²) in [4.78, 5) is 33.0. The molecule has 1 aromatic heterocycles. The fourth-order valence-electron chi connectivity index (χ4n) is 5.24. The highest BCUT2D eigenvalue weighted by molar-refractivity contribution is 5.78. The highest BCUT2D eigenvalue weighted by Crippen LogP contribution is 2.41. The summed E-state index contributed by atoms with van der Waals surface area (Å²) in [6.07, 6.45) is 9.65. The molecule has 0 radical (unpaired) electrons. The number of carbonyl (C=O) groups excluding carboxylic acids is 2. The summed E-state index contributed by atoms with van der Waals surface area (Å²) in [7, 11) is 0. The van der Waals surface area contributed by atoms with Gasteiger partial charge in [0, 0.05) is 64.5 Å². The molecule has 0 saturated carbocycles. The SMILES string of the molecule is CC(=O)NC[C@H]1[C@H]2C[C@H](CN(CCn3ccnc3)C2)[C@@H]2CCCC(=O)N21. The van der Waals surface area contributed by atoms with Crippen molar-refractivity contribution in [1.29, 1.82) is 0 Å². The zero-order valence-corrected chi connectivity index (χ0v) is 15.5. The number of hydrogen-bond donors (Lipinski definition) is 1. The van der Waals surface area contributed by atoms with Crippen LogP contribution in [0.4, 0.5) is 0 Å². The van der Waals surface area contributed by atoms with Gasteiger partial charge in [0.2, 0.25) is 11.8 Å². The van der Waals surface area contributed by atoms with Crippen molar-refractivity contribution in [2.45, 2.75) is 51.2 Å². The molecule has 0 spiro atoms. The molecule has 3 aliphatic rings. The summed E-state index contributed by atoms with van der Waals surface area (Å²) < 4.78 is 2.12. The van der Waals surface area contributed by atoms with Gasteiger partial charge < -0.3 is 19.7 Å². The molecule has 7 heteroatoms. The second-order valence-corrected chi connectivity index (χ2v) is 8.08. The minimum Gasteiger partial charge on any atom is -0.354 e. The molecule has 4 atom stereocenters. The molecule has 3 saturated heterocycles. The zero-order chi connectivity index (χ0) is 18.1. The minimum absolute atomic E-state index is 0.0131. The lowest BCUT2D eigenvalue weighted by Gasteiger charge is -2.56. The van der Waals surface area contributed by atoms with E-state index in [0.29, 0.717) is 30.8 Å². The van der Waals surface area contributed by atoms with Crippen LogP contribution in [-0.4, -0.2) is 69.4 Å². The first kappa shape index (κ1) is 17.5. The van der Waals surface area contributed by atoms with Crippen LogP contribution < -0.4 is 5.32 Å². The Morgan fingerprint density at radius 2 is 2.15 bits per heavy atom. The number of amides is 2. The van der Waals surface area contributed by atoms with E-state index >= 15 is 0 Å². The lowest BCUT2D eigenvalue weighted by atomic mass is 9.72. The average Bonchev–Trinajstić information content (AvgIpc) is 3.14. The molecule has 26 heavy (non-hydrogen) atoms. The Bertz CT molecular complexity index is 646. The van der Waals surface area contributed by atoms with Gasteiger partial charge >= 0.3 is 0 Å². The van der Waals surface area contributed by atoms with Crippen molar-refractivity contribution in [3.05, 3.63) is 18.7 Å². The Hall–Kier alpha value is -1.89. The third-order valence-electron chi connectivity index (χ3n) is 6.37. The second-order valence-electron chi connectivity index (χ2n) is 8.08. The zero-order valence-electron chi connectivity index (χ0n) is 15.5. The average molecular weight is 359 g/mol. The van der Waals surface area contributed by atoms with Gasteiger partial charge in [-0.2, -0.15) is 0 Å². The Morgan fingerprint density at radius 1 is 1.31 bits per heavy atom. The standard InChI is InChI=1S/C19H29N5O2/c1-14(25)21-10-18-16-9-15(17-3-2-4-19(26)24(17)18)11-23(12-16)8-7-22-6-5-20-13-22/h5-6,13,15-18H,2-4,7-12H2,1H3,(H,21,25)/t15-,16+,17+,18+/m1/s1. The second kappa shape index (κ2) is 7.39. The quantitative estimate of drug-likeness (QED) is 0.841. The van der Waals surface area contributed by atoms with Crippen LogP contribution in [0.15, 0.2) is 18.7 Å². The lowest BCUT2D eigenvalue weighted by molar-refractivity contribution is -0.153. The predicted molar refractivity (Wildman–Crippen MR) is 97.2 cm³/mol. The first-order valence-corrected chi connectivity index (χ1v) is 9.85. The van der Waals surface area contributed by atoms with E-state index in [9.17, 15) is 9.59 Å². The summed E-state index contributed by atoms with van der Waals surface area (Å²) in [6, 6.07) is 0.492. The first-order valence-electron chi connectivity index (χ1n) is 9.85. The van der Waals surface area contributed by atoms with E-state index < -0.39 is 0 Å². The normalized spacial score (nSPS) is 31.6. The van der Waals surface area contributed by atoms with Gasteiger partial charge in [-0.25, -0.2) is 4.98 Å². The van der Waals surface area contributed by atoms with Crippen molar-refractivity contribution in [2.75, 3.05) is 26.2 Å². The molecule has 1 aromatic rings. The smallest absolute Gasteiger partial charge is 0.223 e. The van der Waals surface area contributed by atoms with Crippen LogP contribution in [0.3, 0.4) is 0 Å². The Morgan fingerprint density at radius 3 is 2.92 bits per heavy atom. The van der Waals surface area contributed by atoms with Crippen molar-refractivity contribution < 1.29 is 9.59 Å². The van der Waals surface area contributed by atoms with Crippen molar-refractivity contribution in [1.82, 2.24) is 24.7 Å². The molecule has 1 N–H and O–H groups in total. The highest BCUT2D eigenvalue weighted by Gasteiger charge is 2.49.